The summed E-state index contributed by atoms with van der Waals surface area (Å²) in [4.78, 5) is 19.6. The maximum atomic E-state index is 11.9. The van der Waals surface area contributed by atoms with Gasteiger partial charge in [-0.2, -0.15) is 8.78 Å². The van der Waals surface area contributed by atoms with Crippen LogP contribution in [-0.4, -0.2) is 28.7 Å². The Bertz CT molecular complexity index is 171. The lowest BCUT2D eigenvalue weighted by atomic mass is 10.2. The van der Waals surface area contributed by atoms with Gasteiger partial charge < -0.3 is 5.11 Å². The molecule has 11 heavy (non-hydrogen) atoms. The van der Waals surface area contributed by atoms with Crippen molar-refractivity contribution >= 4 is 35.8 Å². The molecule has 0 aliphatic heterocycles. The van der Waals surface area contributed by atoms with Crippen molar-refractivity contribution in [3.63, 3.8) is 0 Å². The molecule has 0 heterocycles. The summed E-state index contributed by atoms with van der Waals surface area (Å²) in [5, 5.41) is 7.71. The maximum absolute atomic E-state index is 11.9. The van der Waals surface area contributed by atoms with Crippen LogP contribution in [0.25, 0.3) is 0 Å². The number of carbonyl (C=O) groups excluding carboxylic acids is 1. The van der Waals surface area contributed by atoms with Gasteiger partial charge in [0.1, 0.15) is 0 Å². The molecule has 0 radical (unpaired) electrons. The first-order chi connectivity index (χ1) is 4.42. The van der Waals surface area contributed by atoms with Gasteiger partial charge in [0.15, 0.2) is 0 Å². The lowest BCUT2D eigenvalue weighted by Crippen LogP contribution is -2.38. The number of hydrogen-bond acceptors (Lipinski definition) is 2. The molecule has 0 atom stereocenters. The number of aliphatic carboxylic acids is 1. The highest BCUT2D eigenvalue weighted by Gasteiger charge is 2.46. The third kappa shape index (κ3) is 2.98. The standard InChI is InChI=1S/C4H3ClF2O3.ClH/c5-1-2(8)4(6,7)3(9)10;/h1H2,(H,9,10);1H. The van der Waals surface area contributed by atoms with E-state index in [4.69, 9.17) is 5.11 Å². The van der Waals surface area contributed by atoms with E-state index in [0.29, 0.717) is 0 Å². The number of carboxylic acids is 1. The molecule has 0 aromatic rings. The predicted molar refractivity (Wildman–Crippen MR) is 35.6 cm³/mol. The number of rotatable bonds is 3. The third-order valence-corrected chi connectivity index (χ3v) is 0.983. The number of ketones is 1. The highest BCUT2D eigenvalue weighted by atomic mass is 35.5. The molecule has 1 N–H and O–H groups in total. The molecule has 0 fully saturated rings. The van der Waals surface area contributed by atoms with Crippen LogP contribution in [0.5, 0.6) is 0 Å². The van der Waals surface area contributed by atoms with Gasteiger partial charge in [-0.05, 0) is 0 Å². The summed E-state index contributed by atoms with van der Waals surface area (Å²) in [7, 11) is 0. The highest BCUT2D eigenvalue weighted by Crippen LogP contribution is 2.15. The molecule has 0 rings (SSSR count). The van der Waals surface area contributed by atoms with Crippen molar-refractivity contribution in [3.8, 4) is 0 Å². The lowest BCUT2D eigenvalue weighted by molar-refractivity contribution is -0.170. The molecule has 0 aromatic heterocycles. The van der Waals surface area contributed by atoms with Gasteiger partial charge in [0.05, 0.1) is 5.88 Å². The Hall–Kier alpha value is -0.420. The van der Waals surface area contributed by atoms with Gasteiger partial charge in [-0.3, -0.25) is 4.79 Å². The summed E-state index contributed by atoms with van der Waals surface area (Å²) in [5.41, 5.74) is 0. The topological polar surface area (TPSA) is 54.4 Å². The molecule has 0 unspecified atom stereocenters. The van der Waals surface area contributed by atoms with Crippen molar-refractivity contribution in [2.75, 3.05) is 5.88 Å². The van der Waals surface area contributed by atoms with E-state index in [1.54, 1.807) is 0 Å². The molecule has 0 saturated heterocycles. The average molecular weight is 209 g/mol. The summed E-state index contributed by atoms with van der Waals surface area (Å²) in [5.74, 6) is -9.62. The number of halogens is 4. The van der Waals surface area contributed by atoms with Gasteiger partial charge in [-0.15, -0.1) is 24.0 Å². The number of Topliss-reactive ketones (excluding diaryl/α,β-unsaturated/α-hetero) is 1. The molecule has 0 aromatic carbocycles. The number of hydrogen-bond donors (Lipinski definition) is 1. The summed E-state index contributed by atoms with van der Waals surface area (Å²) in [6, 6.07) is 0. The van der Waals surface area contributed by atoms with Gasteiger partial charge >= 0.3 is 11.9 Å². The van der Waals surface area contributed by atoms with E-state index in [9.17, 15) is 18.4 Å². The van der Waals surface area contributed by atoms with Crippen LogP contribution in [0.3, 0.4) is 0 Å². The Morgan fingerprint density at radius 3 is 1.91 bits per heavy atom. The van der Waals surface area contributed by atoms with E-state index in [0.717, 1.165) is 0 Å². The van der Waals surface area contributed by atoms with Crippen molar-refractivity contribution in [2.24, 2.45) is 0 Å². The monoisotopic (exact) mass is 208 g/mol. The van der Waals surface area contributed by atoms with Gasteiger partial charge in [0, 0.05) is 0 Å². The Kier molecular flexibility index (Phi) is 5.34. The summed E-state index contributed by atoms with van der Waals surface area (Å²) >= 11 is 4.69. The van der Waals surface area contributed by atoms with Crippen LogP contribution >= 0.6 is 24.0 Å². The molecule has 0 saturated carbocycles. The minimum atomic E-state index is -4.35. The fourth-order valence-electron chi connectivity index (χ4n) is 0.203. The van der Waals surface area contributed by atoms with E-state index in [1.807, 2.05) is 0 Å². The van der Waals surface area contributed by atoms with Crippen molar-refractivity contribution in [2.45, 2.75) is 5.92 Å². The number of carboxylic acid groups (broad SMARTS) is 1. The fourth-order valence-corrected chi connectivity index (χ4v) is 0.371. The van der Waals surface area contributed by atoms with Crippen molar-refractivity contribution in [3.05, 3.63) is 0 Å². The molecule has 0 spiro atoms. The minimum Gasteiger partial charge on any atom is -0.476 e. The highest BCUT2D eigenvalue weighted by molar-refractivity contribution is 6.30. The molecule has 66 valence electrons. The first-order valence-electron chi connectivity index (χ1n) is 2.13. The zero-order valence-electron chi connectivity index (χ0n) is 5.01. The average Bonchev–Trinajstić information content (AvgIpc) is 1.86. The first kappa shape index (κ1) is 13.2. The van der Waals surface area contributed by atoms with Crippen LogP contribution in [-0.2, 0) is 9.59 Å². The van der Waals surface area contributed by atoms with E-state index in [2.05, 4.69) is 11.6 Å². The van der Waals surface area contributed by atoms with Crippen molar-refractivity contribution in [1.29, 1.82) is 0 Å². The van der Waals surface area contributed by atoms with Crippen LogP contribution in [0, 0.1) is 0 Å². The molecule has 0 amide bonds. The summed E-state index contributed by atoms with van der Waals surface area (Å²) in [6.07, 6.45) is 0. The number of carbonyl (C=O) groups is 2. The zero-order chi connectivity index (χ0) is 8.36. The van der Waals surface area contributed by atoms with Crippen LogP contribution in [0.1, 0.15) is 0 Å². The normalized spacial score (nSPS) is 10.1. The second kappa shape index (κ2) is 4.46. The fraction of sp³-hybridized carbons (Fsp3) is 0.500. The van der Waals surface area contributed by atoms with Gasteiger partial charge in [0.25, 0.3) is 0 Å². The second-order valence-electron chi connectivity index (χ2n) is 1.44. The summed E-state index contributed by atoms with van der Waals surface area (Å²) < 4.78 is 23.8. The first-order valence-corrected chi connectivity index (χ1v) is 2.67. The molecule has 0 aliphatic rings. The van der Waals surface area contributed by atoms with E-state index < -0.39 is 23.6 Å². The molecule has 0 aliphatic carbocycles. The van der Waals surface area contributed by atoms with Crippen LogP contribution < -0.4 is 0 Å². The molecule has 7 heteroatoms. The predicted octanol–water partition coefficient (Wildman–Crippen LogP) is 0.936. The maximum Gasteiger partial charge on any atom is 0.400 e. The van der Waals surface area contributed by atoms with Gasteiger partial charge in [-0.1, -0.05) is 0 Å². The second-order valence-corrected chi connectivity index (χ2v) is 1.70. The Morgan fingerprint density at radius 2 is 1.82 bits per heavy atom. The van der Waals surface area contributed by atoms with Crippen molar-refractivity contribution in [1.82, 2.24) is 0 Å². The summed E-state index contributed by atoms with van der Waals surface area (Å²) in [6.45, 7) is 0. The van der Waals surface area contributed by atoms with Gasteiger partial charge in [0.2, 0.25) is 5.78 Å². The Labute approximate surface area is 71.7 Å². The van der Waals surface area contributed by atoms with Crippen LogP contribution in [0.4, 0.5) is 8.78 Å². The largest absolute Gasteiger partial charge is 0.476 e. The lowest BCUT2D eigenvalue weighted by Gasteiger charge is -2.05. The Balaban J connectivity index is 0. The third-order valence-electron chi connectivity index (χ3n) is 0.740. The molecular weight excluding hydrogens is 205 g/mol. The van der Waals surface area contributed by atoms with Crippen LogP contribution in [0.15, 0.2) is 0 Å². The number of alkyl halides is 3. The quantitative estimate of drug-likeness (QED) is 0.555. The van der Waals surface area contributed by atoms with Crippen LogP contribution in [0.2, 0.25) is 0 Å². The van der Waals surface area contributed by atoms with Crippen molar-refractivity contribution < 1.29 is 23.5 Å². The zero-order valence-corrected chi connectivity index (χ0v) is 6.59. The molecular formula is C4H4Cl2F2O3. The van der Waals surface area contributed by atoms with Gasteiger partial charge in [-0.25, -0.2) is 4.79 Å². The molecule has 3 nitrogen and oxygen atoms in total. The SMILES string of the molecule is Cl.O=C(O)C(F)(F)C(=O)CCl. The van der Waals surface area contributed by atoms with E-state index in [1.165, 1.54) is 0 Å². The minimum absolute atomic E-state index is 0. The van der Waals surface area contributed by atoms with E-state index >= 15 is 0 Å². The smallest absolute Gasteiger partial charge is 0.400 e. The van der Waals surface area contributed by atoms with E-state index in [-0.39, 0.29) is 12.4 Å². The Morgan fingerprint density at radius 1 is 1.45 bits per heavy atom. The molecule has 0 bridgehead atoms.